The molecule has 1 saturated heterocycles. The number of rotatable bonds is 2. The maximum atomic E-state index is 13.0. The third kappa shape index (κ3) is 3.34. The largest absolute Gasteiger partial charge is 0.457 e. The molecule has 4 aliphatic carbocycles. The fourth-order valence-corrected chi connectivity index (χ4v) is 9.05. The Hall–Kier alpha value is -1.68. The van der Waals surface area contributed by atoms with Gasteiger partial charge in [-0.2, -0.15) is 0 Å². The summed E-state index contributed by atoms with van der Waals surface area (Å²) < 4.78 is 6.28. The molecule has 0 aromatic heterocycles. The lowest BCUT2D eigenvalue weighted by atomic mass is 9.44. The molecule has 0 amide bonds. The number of carbonyl (C=O) groups excluding carboxylic acids is 2. The molecule has 1 aromatic carbocycles. The smallest absolute Gasteiger partial charge is 0.324 e. The number of fused-ring (bicyclic) bond motifs is 5. The number of morpholine rings is 1. The Morgan fingerprint density at radius 2 is 1.79 bits per heavy atom. The van der Waals surface area contributed by atoms with Crippen LogP contribution in [0.1, 0.15) is 77.2 Å². The lowest BCUT2D eigenvalue weighted by Gasteiger charge is -2.62. The van der Waals surface area contributed by atoms with Crippen molar-refractivity contribution in [3.8, 4) is 0 Å². The van der Waals surface area contributed by atoms with Gasteiger partial charge in [0.25, 0.3) is 0 Å². The molecule has 5 fully saturated rings. The van der Waals surface area contributed by atoms with Crippen LogP contribution in [0.2, 0.25) is 0 Å². The summed E-state index contributed by atoms with van der Waals surface area (Å²) in [7, 11) is 0. The monoisotopic (exact) mass is 449 g/mol. The summed E-state index contributed by atoms with van der Waals surface area (Å²) in [5.74, 6) is 3.13. The Bertz CT molecular complexity index is 945. The normalized spacial score (nSPS) is 46.9. The van der Waals surface area contributed by atoms with Crippen LogP contribution in [0.5, 0.6) is 0 Å². The molecule has 8 atom stereocenters. The second-order valence-electron chi connectivity index (χ2n) is 12.5. The molecule has 1 aromatic rings. The number of ether oxygens (including phenoxy) is 1. The molecular weight excluding hydrogens is 410 g/mol. The Labute approximate surface area is 198 Å². The molecule has 0 radical (unpaired) electrons. The first kappa shape index (κ1) is 21.8. The fourth-order valence-electron chi connectivity index (χ4n) is 9.05. The highest BCUT2D eigenvalue weighted by atomic mass is 16.6. The van der Waals surface area contributed by atoms with Gasteiger partial charge in [0, 0.05) is 18.4 Å². The molecule has 4 heteroatoms. The van der Waals surface area contributed by atoms with E-state index in [1.807, 2.05) is 18.2 Å². The summed E-state index contributed by atoms with van der Waals surface area (Å²) >= 11 is 0. The zero-order valence-corrected chi connectivity index (χ0v) is 20.3. The van der Waals surface area contributed by atoms with Crippen LogP contribution in [0.4, 0.5) is 0 Å². The second-order valence-corrected chi connectivity index (χ2v) is 12.5. The van der Waals surface area contributed by atoms with Gasteiger partial charge in [-0.1, -0.05) is 44.2 Å². The molecule has 1 spiro atoms. The van der Waals surface area contributed by atoms with Gasteiger partial charge in [-0.05, 0) is 92.4 Å². The van der Waals surface area contributed by atoms with Crippen molar-refractivity contribution in [2.45, 2.75) is 89.7 Å². The third-order valence-electron chi connectivity index (χ3n) is 11.1. The van der Waals surface area contributed by atoms with Crippen molar-refractivity contribution in [2.24, 2.45) is 34.5 Å². The maximum absolute atomic E-state index is 13.0. The van der Waals surface area contributed by atoms with Gasteiger partial charge in [-0.15, -0.1) is 0 Å². The van der Waals surface area contributed by atoms with Gasteiger partial charge in [0.2, 0.25) is 0 Å². The van der Waals surface area contributed by atoms with E-state index >= 15 is 0 Å². The number of esters is 1. The van der Waals surface area contributed by atoms with E-state index in [2.05, 4.69) is 31.3 Å². The quantitative estimate of drug-likeness (QED) is 0.639. The van der Waals surface area contributed by atoms with Gasteiger partial charge in [-0.25, -0.2) is 0 Å². The minimum Gasteiger partial charge on any atom is -0.457 e. The van der Waals surface area contributed by atoms with Crippen LogP contribution >= 0.6 is 0 Å². The van der Waals surface area contributed by atoms with Crippen molar-refractivity contribution >= 4 is 11.8 Å². The van der Waals surface area contributed by atoms with Crippen LogP contribution in [-0.4, -0.2) is 29.9 Å². The molecule has 0 unspecified atom stereocenters. The summed E-state index contributed by atoms with van der Waals surface area (Å²) in [4.78, 5) is 25.7. The Morgan fingerprint density at radius 1 is 0.970 bits per heavy atom. The van der Waals surface area contributed by atoms with E-state index in [0.29, 0.717) is 35.4 Å². The molecular formula is C29H39NO3. The second kappa shape index (κ2) is 7.66. The van der Waals surface area contributed by atoms with E-state index in [-0.39, 0.29) is 23.0 Å². The van der Waals surface area contributed by atoms with Crippen LogP contribution in [-0.2, 0) is 20.7 Å². The van der Waals surface area contributed by atoms with Gasteiger partial charge in [-0.3, -0.25) is 9.59 Å². The Balaban J connectivity index is 1.15. The summed E-state index contributed by atoms with van der Waals surface area (Å²) in [6, 6.07) is 9.99. The summed E-state index contributed by atoms with van der Waals surface area (Å²) in [5, 5.41) is 3.57. The highest BCUT2D eigenvalue weighted by Crippen LogP contribution is 2.66. The number of carbonyl (C=O) groups is 2. The van der Waals surface area contributed by atoms with Gasteiger partial charge in [0.15, 0.2) is 0 Å². The van der Waals surface area contributed by atoms with E-state index in [4.69, 9.17) is 4.74 Å². The molecule has 4 saturated carbocycles. The fraction of sp³-hybridized carbons (Fsp3) is 0.724. The van der Waals surface area contributed by atoms with Crippen molar-refractivity contribution in [2.75, 3.05) is 6.54 Å². The number of hydrogen-bond donors (Lipinski definition) is 1. The molecule has 33 heavy (non-hydrogen) atoms. The van der Waals surface area contributed by atoms with Crippen LogP contribution in [0.25, 0.3) is 0 Å². The maximum Gasteiger partial charge on any atom is 0.324 e. The van der Waals surface area contributed by atoms with E-state index in [0.717, 1.165) is 51.0 Å². The number of ketones is 1. The van der Waals surface area contributed by atoms with Crippen molar-refractivity contribution in [3.05, 3.63) is 35.9 Å². The first-order valence-corrected chi connectivity index (χ1v) is 13.4. The molecule has 4 nitrogen and oxygen atoms in total. The van der Waals surface area contributed by atoms with Crippen LogP contribution in [0.15, 0.2) is 30.3 Å². The predicted molar refractivity (Wildman–Crippen MR) is 127 cm³/mol. The molecule has 6 rings (SSSR count). The molecule has 1 aliphatic heterocycles. The molecule has 0 bridgehead atoms. The van der Waals surface area contributed by atoms with E-state index in [9.17, 15) is 9.59 Å². The van der Waals surface area contributed by atoms with E-state index < -0.39 is 0 Å². The van der Waals surface area contributed by atoms with Crippen molar-refractivity contribution in [1.82, 2.24) is 5.32 Å². The van der Waals surface area contributed by atoms with Crippen molar-refractivity contribution < 1.29 is 14.3 Å². The van der Waals surface area contributed by atoms with Crippen LogP contribution < -0.4 is 5.32 Å². The van der Waals surface area contributed by atoms with Gasteiger partial charge < -0.3 is 10.1 Å². The number of Topliss-reactive ketones (excluding diaryl/α,β-unsaturated/α-hetero) is 1. The highest BCUT2D eigenvalue weighted by molar-refractivity contribution is 5.87. The molecule has 1 heterocycles. The zero-order valence-electron chi connectivity index (χ0n) is 20.3. The number of hydrogen-bond acceptors (Lipinski definition) is 4. The van der Waals surface area contributed by atoms with E-state index in [1.165, 1.54) is 24.8 Å². The average Bonchev–Trinajstić information content (AvgIpc) is 3.12. The van der Waals surface area contributed by atoms with E-state index in [1.54, 1.807) is 0 Å². The Kier molecular flexibility index (Phi) is 5.07. The molecule has 178 valence electrons. The van der Waals surface area contributed by atoms with Crippen molar-refractivity contribution in [3.63, 3.8) is 0 Å². The summed E-state index contributed by atoms with van der Waals surface area (Å²) in [5.41, 5.74) is 1.13. The lowest BCUT2D eigenvalue weighted by Crippen LogP contribution is -2.63. The summed E-state index contributed by atoms with van der Waals surface area (Å²) in [6.07, 6.45) is 10.5. The van der Waals surface area contributed by atoms with Gasteiger partial charge in [0.05, 0.1) is 0 Å². The van der Waals surface area contributed by atoms with Crippen LogP contribution in [0, 0.1) is 34.5 Å². The standard InChI is InChI=1S/C29H39NO3/c1-27-14-15-29(18-30-24(26(32)33-29)16-19-6-4-3-5-7-19)17-20(27)8-9-21-22-10-11-25(31)28(22,2)13-12-23(21)27/h3-7,20-24,30H,8-18H2,1-2H3/t20-,21-,22-,23-,24-,27-,28-,29+/m0/s1. The molecule has 1 N–H and O–H groups in total. The SMILES string of the molecule is C[C@]12CC[C@]3(CN[C@@H](Cc4ccccc4)C(=O)O3)C[C@@H]1CC[C@@H]1[C@@H]2CC[C@]2(C)C(=O)CC[C@@H]12. The first-order valence-electron chi connectivity index (χ1n) is 13.4. The average molecular weight is 450 g/mol. The Morgan fingerprint density at radius 3 is 2.58 bits per heavy atom. The third-order valence-corrected chi connectivity index (χ3v) is 11.1. The number of nitrogens with one attached hydrogen (secondary N) is 1. The highest BCUT2D eigenvalue weighted by Gasteiger charge is 2.62. The zero-order chi connectivity index (χ0) is 22.8. The first-order chi connectivity index (χ1) is 15.8. The minimum atomic E-state index is -0.326. The minimum absolute atomic E-state index is 0.0448. The van der Waals surface area contributed by atoms with Crippen LogP contribution in [0.3, 0.4) is 0 Å². The molecule has 5 aliphatic rings. The van der Waals surface area contributed by atoms with Gasteiger partial charge in [0.1, 0.15) is 17.4 Å². The van der Waals surface area contributed by atoms with Gasteiger partial charge >= 0.3 is 5.97 Å². The summed E-state index contributed by atoms with van der Waals surface area (Å²) in [6.45, 7) is 5.59. The predicted octanol–water partition coefficient (Wildman–Crippen LogP) is 5.09. The number of benzene rings is 1. The van der Waals surface area contributed by atoms with Crippen molar-refractivity contribution in [1.29, 1.82) is 0 Å². The lowest BCUT2D eigenvalue weighted by molar-refractivity contribution is -0.193. The topological polar surface area (TPSA) is 55.4 Å².